The third kappa shape index (κ3) is 6.35. The topological polar surface area (TPSA) is 65.2 Å². The quantitative estimate of drug-likeness (QED) is 0.494. The summed E-state index contributed by atoms with van der Waals surface area (Å²) >= 11 is 0. The number of aryl methyl sites for hydroxylation is 2. The molecule has 0 amide bonds. The maximum absolute atomic E-state index is 11.5. The lowest BCUT2D eigenvalue weighted by molar-refractivity contribution is -0.104. The van der Waals surface area contributed by atoms with E-state index in [9.17, 15) is 4.79 Å². The molecule has 184 valence electrons. The molecule has 2 aliphatic rings. The molecular formula is C27H40N6O. The molecule has 0 radical (unpaired) electrons. The fourth-order valence-corrected chi connectivity index (χ4v) is 4.35. The number of hydrazone groups is 1. The highest BCUT2D eigenvalue weighted by atomic mass is 16.1. The van der Waals surface area contributed by atoms with Gasteiger partial charge in [0.1, 0.15) is 17.5 Å². The zero-order chi connectivity index (χ0) is 24.8. The van der Waals surface area contributed by atoms with E-state index in [0.717, 1.165) is 49.9 Å². The van der Waals surface area contributed by atoms with E-state index in [1.54, 1.807) is 0 Å². The van der Waals surface area contributed by atoms with Gasteiger partial charge in [0.2, 0.25) is 0 Å². The van der Waals surface area contributed by atoms with Gasteiger partial charge in [-0.3, -0.25) is 9.80 Å². The highest BCUT2D eigenvalue weighted by Crippen LogP contribution is 2.19. The van der Waals surface area contributed by atoms with Gasteiger partial charge in [0.05, 0.1) is 17.9 Å². The Kier molecular flexibility index (Phi) is 8.67. The first kappa shape index (κ1) is 25.7. The SMILES string of the molecule is CCC(C)/C(C)=C\N1CC(C)=CC(/C(=C/C=O)N=c2c(C)cc(N3CCN[C@H](C)C3)cn2C)=N1. The molecule has 3 rings (SSSR count). The van der Waals surface area contributed by atoms with Gasteiger partial charge in [-0.05, 0) is 63.3 Å². The van der Waals surface area contributed by atoms with Gasteiger partial charge in [-0.2, -0.15) is 5.10 Å². The molecule has 7 heteroatoms. The van der Waals surface area contributed by atoms with Crippen molar-refractivity contribution in [3.8, 4) is 0 Å². The van der Waals surface area contributed by atoms with Crippen molar-refractivity contribution in [2.45, 2.75) is 54.0 Å². The average Bonchev–Trinajstić information content (AvgIpc) is 2.79. The lowest BCUT2D eigenvalue weighted by Gasteiger charge is -2.34. The van der Waals surface area contributed by atoms with Crippen LogP contribution < -0.4 is 15.7 Å². The number of carbonyl (C=O) groups is 1. The minimum absolute atomic E-state index is 0.464. The fraction of sp³-hybridized carbons (Fsp3) is 0.519. The highest BCUT2D eigenvalue weighted by Gasteiger charge is 2.18. The Labute approximate surface area is 204 Å². The Hall–Kier alpha value is -2.93. The maximum atomic E-state index is 11.5. The Morgan fingerprint density at radius 1 is 1.38 bits per heavy atom. The van der Waals surface area contributed by atoms with Gasteiger partial charge in [0.15, 0.2) is 0 Å². The number of anilines is 1. The number of rotatable bonds is 7. The van der Waals surface area contributed by atoms with E-state index in [1.165, 1.54) is 22.9 Å². The van der Waals surface area contributed by atoms with E-state index in [4.69, 9.17) is 10.1 Å². The van der Waals surface area contributed by atoms with Crippen molar-refractivity contribution in [3.05, 3.63) is 58.5 Å². The van der Waals surface area contributed by atoms with Crippen LogP contribution in [0.15, 0.2) is 57.6 Å². The van der Waals surface area contributed by atoms with Crippen LogP contribution in [0, 0.1) is 12.8 Å². The normalized spacial score (nSPS) is 21.4. The average molecular weight is 465 g/mol. The molecule has 0 spiro atoms. The number of hydrogen-bond donors (Lipinski definition) is 1. The predicted octanol–water partition coefficient (Wildman–Crippen LogP) is 3.68. The summed E-state index contributed by atoms with van der Waals surface area (Å²) in [4.78, 5) is 18.8. The Morgan fingerprint density at radius 3 is 2.79 bits per heavy atom. The molecule has 0 aromatic carbocycles. The molecule has 1 fully saturated rings. The summed E-state index contributed by atoms with van der Waals surface area (Å²) in [5.74, 6) is 0.499. The monoisotopic (exact) mass is 464 g/mol. The molecule has 1 unspecified atom stereocenters. The van der Waals surface area contributed by atoms with Crippen LogP contribution in [0.5, 0.6) is 0 Å². The van der Waals surface area contributed by atoms with Gasteiger partial charge < -0.3 is 14.8 Å². The molecule has 34 heavy (non-hydrogen) atoms. The van der Waals surface area contributed by atoms with E-state index < -0.39 is 0 Å². The summed E-state index contributed by atoms with van der Waals surface area (Å²) < 4.78 is 2.04. The smallest absolute Gasteiger partial charge is 0.145 e. The van der Waals surface area contributed by atoms with Crippen LogP contribution in [-0.2, 0) is 11.8 Å². The second kappa shape index (κ2) is 11.5. The molecule has 7 nitrogen and oxygen atoms in total. The van der Waals surface area contributed by atoms with E-state index in [-0.39, 0.29) is 0 Å². The maximum Gasteiger partial charge on any atom is 0.145 e. The zero-order valence-electron chi connectivity index (χ0n) is 21.8. The molecule has 0 saturated carbocycles. The summed E-state index contributed by atoms with van der Waals surface area (Å²) in [6.07, 6.45) is 9.63. The summed E-state index contributed by atoms with van der Waals surface area (Å²) in [7, 11) is 2.01. The summed E-state index contributed by atoms with van der Waals surface area (Å²) in [6, 6.07) is 2.65. The number of aldehydes is 1. The molecule has 1 N–H and O–H groups in total. The predicted molar refractivity (Wildman–Crippen MR) is 141 cm³/mol. The van der Waals surface area contributed by atoms with Crippen LogP contribution in [0.2, 0.25) is 0 Å². The Morgan fingerprint density at radius 2 is 2.15 bits per heavy atom. The summed E-state index contributed by atoms with van der Waals surface area (Å²) in [5.41, 5.74) is 6.80. The number of aromatic nitrogens is 1. The first-order valence-corrected chi connectivity index (χ1v) is 12.3. The lowest BCUT2D eigenvalue weighted by atomic mass is 10.0. The number of hydrogen-bond acceptors (Lipinski definition) is 6. The summed E-state index contributed by atoms with van der Waals surface area (Å²) in [5, 5.41) is 10.3. The van der Waals surface area contributed by atoms with Crippen LogP contribution in [0.1, 0.15) is 46.6 Å². The van der Waals surface area contributed by atoms with Gasteiger partial charge in [-0.25, -0.2) is 4.99 Å². The number of carbonyl (C=O) groups excluding carboxylic acids is 1. The van der Waals surface area contributed by atoms with E-state index >= 15 is 0 Å². The second-order valence-corrected chi connectivity index (χ2v) is 9.67. The number of piperazine rings is 1. The largest absolute Gasteiger partial charge is 0.368 e. The van der Waals surface area contributed by atoms with Crippen molar-refractivity contribution >= 4 is 17.7 Å². The molecule has 0 bridgehead atoms. The third-order valence-electron chi connectivity index (χ3n) is 6.60. The second-order valence-electron chi connectivity index (χ2n) is 9.67. The number of nitrogens with zero attached hydrogens (tertiary/aromatic N) is 5. The first-order valence-electron chi connectivity index (χ1n) is 12.3. The number of allylic oxidation sites excluding steroid dienone is 3. The van der Waals surface area contributed by atoms with Gasteiger partial charge in [0, 0.05) is 51.2 Å². The summed E-state index contributed by atoms with van der Waals surface area (Å²) in [6.45, 7) is 16.6. The van der Waals surface area contributed by atoms with Crippen LogP contribution in [0.25, 0.3) is 0 Å². The Bertz CT molecular complexity index is 1060. The third-order valence-corrected chi connectivity index (χ3v) is 6.60. The molecule has 2 atom stereocenters. The molecule has 2 aliphatic heterocycles. The van der Waals surface area contributed by atoms with Gasteiger partial charge in [-0.1, -0.05) is 19.4 Å². The molecule has 3 heterocycles. The van der Waals surface area contributed by atoms with Gasteiger partial charge in [-0.15, -0.1) is 0 Å². The van der Waals surface area contributed by atoms with Crippen LogP contribution in [0.4, 0.5) is 5.69 Å². The van der Waals surface area contributed by atoms with Crippen molar-refractivity contribution in [2.75, 3.05) is 31.1 Å². The lowest BCUT2D eigenvalue weighted by Crippen LogP contribution is -2.49. The van der Waals surface area contributed by atoms with Crippen molar-refractivity contribution in [1.82, 2.24) is 14.9 Å². The molecule has 0 aliphatic carbocycles. The van der Waals surface area contributed by atoms with Gasteiger partial charge >= 0.3 is 0 Å². The van der Waals surface area contributed by atoms with E-state index in [1.807, 2.05) is 22.7 Å². The van der Waals surface area contributed by atoms with Crippen molar-refractivity contribution in [1.29, 1.82) is 0 Å². The molecule has 1 saturated heterocycles. The standard InChI is InChI=1S/C27H40N6O/c1-8-20(3)22(5)16-33-15-19(2)13-26(30-33)25(9-12-34)29-27-21(4)14-24(18-31(27)7)32-11-10-28-23(6)17-32/h9,12-14,16,18,20,23,28H,8,10-11,15,17H2,1-7H3/b22-16-,25-9-,29-27?/t20?,23-/m1/s1. The molecular weight excluding hydrogens is 424 g/mol. The molecule has 1 aromatic rings. The van der Waals surface area contributed by atoms with Crippen molar-refractivity contribution < 1.29 is 4.79 Å². The van der Waals surface area contributed by atoms with Crippen molar-refractivity contribution in [2.24, 2.45) is 23.1 Å². The minimum atomic E-state index is 0.464. The van der Waals surface area contributed by atoms with Crippen molar-refractivity contribution in [3.63, 3.8) is 0 Å². The fourth-order valence-electron chi connectivity index (χ4n) is 4.35. The Balaban J connectivity index is 1.98. The van der Waals surface area contributed by atoms with Crippen LogP contribution in [0.3, 0.4) is 0 Å². The van der Waals surface area contributed by atoms with Gasteiger partial charge in [0.25, 0.3) is 0 Å². The van der Waals surface area contributed by atoms with Crippen LogP contribution in [-0.4, -0.2) is 53.8 Å². The molecule has 1 aromatic heterocycles. The first-order chi connectivity index (χ1) is 16.2. The highest BCUT2D eigenvalue weighted by molar-refractivity contribution is 6.10. The van der Waals surface area contributed by atoms with E-state index in [2.05, 4.69) is 70.2 Å². The number of nitrogens with one attached hydrogen (secondary N) is 1. The van der Waals surface area contributed by atoms with E-state index in [0.29, 0.717) is 23.4 Å². The minimum Gasteiger partial charge on any atom is -0.368 e. The van der Waals surface area contributed by atoms with Crippen LogP contribution >= 0.6 is 0 Å². The zero-order valence-corrected chi connectivity index (χ0v) is 21.8. The number of pyridine rings is 1.